The van der Waals surface area contributed by atoms with Gasteiger partial charge < -0.3 is 5.32 Å². The van der Waals surface area contributed by atoms with Gasteiger partial charge in [0.05, 0.1) is 16.0 Å². The normalized spacial score (nSPS) is 13.3. The number of aryl methyl sites for hydroxylation is 1. The molecule has 0 saturated carbocycles. The van der Waals surface area contributed by atoms with Gasteiger partial charge in [0.1, 0.15) is 0 Å². The van der Waals surface area contributed by atoms with Crippen LogP contribution in [0, 0.1) is 6.92 Å². The minimum atomic E-state index is -3.44. The molecule has 0 amide bonds. The fourth-order valence-corrected chi connectivity index (χ4v) is 3.01. The van der Waals surface area contributed by atoms with Crippen LogP contribution in [0.5, 0.6) is 0 Å². The van der Waals surface area contributed by atoms with Gasteiger partial charge in [-0.05, 0) is 38.4 Å². The molecule has 6 heteroatoms. The molecule has 2 N–H and O–H groups in total. The summed E-state index contributed by atoms with van der Waals surface area (Å²) in [6.45, 7) is 6.77. The van der Waals surface area contributed by atoms with Crippen LogP contribution in [0.3, 0.4) is 0 Å². The zero-order valence-corrected chi connectivity index (χ0v) is 13.1. The lowest BCUT2D eigenvalue weighted by atomic mass is 10.2. The Balaban J connectivity index is 2.79. The molecule has 1 rings (SSSR count). The molecule has 0 aliphatic heterocycles. The third-order valence-corrected chi connectivity index (χ3v) is 4.88. The molecule has 0 radical (unpaired) electrons. The molecule has 0 aliphatic carbocycles. The van der Waals surface area contributed by atoms with E-state index in [1.165, 1.54) is 0 Å². The van der Waals surface area contributed by atoms with E-state index >= 15 is 0 Å². The minimum absolute atomic E-state index is 0.414. The number of hydrogen-bond donors (Lipinski definition) is 2. The zero-order chi connectivity index (χ0) is 14.5. The summed E-state index contributed by atoms with van der Waals surface area (Å²) < 4.78 is 27.0. The van der Waals surface area contributed by atoms with Gasteiger partial charge in [-0.3, -0.25) is 4.72 Å². The largest absolute Gasteiger partial charge is 0.315 e. The molecule has 19 heavy (non-hydrogen) atoms. The number of sulfonamides is 1. The molecule has 0 spiro atoms. The summed E-state index contributed by atoms with van der Waals surface area (Å²) in [5, 5.41) is 3.00. The van der Waals surface area contributed by atoms with Crippen molar-refractivity contribution in [2.45, 2.75) is 32.4 Å². The number of anilines is 1. The van der Waals surface area contributed by atoms with Crippen LogP contribution < -0.4 is 10.0 Å². The average Bonchev–Trinajstić information content (AvgIpc) is 2.34. The number of rotatable bonds is 7. The summed E-state index contributed by atoms with van der Waals surface area (Å²) in [4.78, 5) is 0. The van der Waals surface area contributed by atoms with Gasteiger partial charge in [-0.15, -0.1) is 0 Å². The van der Waals surface area contributed by atoms with Crippen molar-refractivity contribution in [2.75, 3.05) is 17.8 Å². The van der Waals surface area contributed by atoms with E-state index in [4.69, 9.17) is 11.6 Å². The predicted octanol–water partition coefficient (Wildman–Crippen LogP) is 2.78. The second-order valence-corrected chi connectivity index (χ2v) is 7.10. The van der Waals surface area contributed by atoms with Crippen LogP contribution >= 0.6 is 11.6 Å². The van der Waals surface area contributed by atoms with Gasteiger partial charge in [0, 0.05) is 6.54 Å². The third-order valence-electron chi connectivity index (χ3n) is 2.85. The van der Waals surface area contributed by atoms with E-state index in [0.717, 1.165) is 18.5 Å². The highest BCUT2D eigenvalue weighted by Crippen LogP contribution is 2.26. The van der Waals surface area contributed by atoms with E-state index in [2.05, 4.69) is 10.0 Å². The Hall–Kier alpha value is -0.780. The Bertz CT molecular complexity index is 497. The van der Waals surface area contributed by atoms with Crippen LogP contribution in [0.1, 0.15) is 25.8 Å². The summed E-state index contributed by atoms with van der Waals surface area (Å²) >= 11 is 6.02. The summed E-state index contributed by atoms with van der Waals surface area (Å²) in [5.74, 6) is 0. The lowest BCUT2D eigenvalue weighted by molar-refractivity contribution is 0.575. The van der Waals surface area contributed by atoms with Crippen molar-refractivity contribution in [1.82, 2.24) is 5.32 Å². The summed E-state index contributed by atoms with van der Waals surface area (Å²) in [5.41, 5.74) is 1.27. The highest BCUT2D eigenvalue weighted by Gasteiger charge is 2.21. The number of para-hydroxylation sites is 1. The SMILES string of the molecule is CCCNCC(C)S(=O)(=O)Nc1c(C)cccc1Cl. The molecule has 1 aromatic rings. The van der Waals surface area contributed by atoms with Crippen molar-refractivity contribution in [3.8, 4) is 0 Å². The first kappa shape index (κ1) is 16.3. The molecular weight excluding hydrogens is 284 g/mol. The Labute approximate surface area is 120 Å². The second-order valence-electron chi connectivity index (χ2n) is 4.59. The summed E-state index contributed by atoms with van der Waals surface area (Å²) in [6.07, 6.45) is 0.976. The number of benzene rings is 1. The second kappa shape index (κ2) is 7.12. The first-order chi connectivity index (χ1) is 8.88. The van der Waals surface area contributed by atoms with E-state index in [9.17, 15) is 8.42 Å². The van der Waals surface area contributed by atoms with Crippen molar-refractivity contribution < 1.29 is 8.42 Å². The van der Waals surface area contributed by atoms with Gasteiger partial charge >= 0.3 is 0 Å². The molecule has 1 aromatic carbocycles. The highest BCUT2D eigenvalue weighted by molar-refractivity contribution is 7.93. The van der Waals surface area contributed by atoms with E-state index in [1.807, 2.05) is 19.9 Å². The smallest absolute Gasteiger partial charge is 0.236 e. The molecule has 0 fully saturated rings. The number of hydrogen-bond acceptors (Lipinski definition) is 3. The lowest BCUT2D eigenvalue weighted by Gasteiger charge is -2.17. The molecule has 0 aliphatic rings. The summed E-state index contributed by atoms with van der Waals surface area (Å²) in [6, 6.07) is 5.29. The molecule has 0 bridgehead atoms. The van der Waals surface area contributed by atoms with Gasteiger partial charge in [-0.1, -0.05) is 30.7 Å². The van der Waals surface area contributed by atoms with Crippen molar-refractivity contribution in [1.29, 1.82) is 0 Å². The van der Waals surface area contributed by atoms with Crippen LogP contribution in [0.25, 0.3) is 0 Å². The van der Waals surface area contributed by atoms with Crippen LogP contribution in [-0.4, -0.2) is 26.8 Å². The van der Waals surface area contributed by atoms with Gasteiger partial charge in [-0.25, -0.2) is 8.42 Å². The van der Waals surface area contributed by atoms with Crippen molar-refractivity contribution in [3.05, 3.63) is 28.8 Å². The first-order valence-corrected chi connectivity index (χ1v) is 8.28. The standard InChI is InChI=1S/C13H21ClN2O2S/c1-4-8-15-9-11(3)19(17,18)16-13-10(2)6-5-7-12(13)14/h5-7,11,15-16H,4,8-9H2,1-3H3. The van der Waals surface area contributed by atoms with E-state index in [1.54, 1.807) is 19.1 Å². The maximum absolute atomic E-state index is 12.2. The van der Waals surface area contributed by atoms with E-state index < -0.39 is 15.3 Å². The van der Waals surface area contributed by atoms with E-state index in [-0.39, 0.29) is 0 Å². The fraction of sp³-hybridized carbons (Fsp3) is 0.538. The number of nitrogens with one attached hydrogen (secondary N) is 2. The molecular formula is C13H21ClN2O2S. The van der Waals surface area contributed by atoms with Gasteiger partial charge in [0.25, 0.3) is 0 Å². The molecule has 4 nitrogen and oxygen atoms in total. The topological polar surface area (TPSA) is 58.2 Å². The first-order valence-electron chi connectivity index (χ1n) is 6.36. The Morgan fingerprint density at radius 2 is 2.05 bits per heavy atom. The van der Waals surface area contributed by atoms with Crippen LogP contribution in [0.4, 0.5) is 5.69 Å². The molecule has 0 saturated heterocycles. The van der Waals surface area contributed by atoms with Gasteiger partial charge in [0.15, 0.2) is 0 Å². The third kappa shape index (κ3) is 4.67. The maximum Gasteiger partial charge on any atom is 0.236 e. The molecule has 0 heterocycles. The summed E-state index contributed by atoms with van der Waals surface area (Å²) in [7, 11) is -3.44. The van der Waals surface area contributed by atoms with Crippen molar-refractivity contribution in [2.24, 2.45) is 0 Å². The van der Waals surface area contributed by atoms with Crippen LogP contribution in [-0.2, 0) is 10.0 Å². The lowest BCUT2D eigenvalue weighted by Crippen LogP contribution is -2.35. The molecule has 0 aromatic heterocycles. The fourth-order valence-electron chi connectivity index (χ4n) is 1.60. The Morgan fingerprint density at radius 3 is 2.63 bits per heavy atom. The van der Waals surface area contributed by atoms with Crippen LogP contribution in [0.2, 0.25) is 5.02 Å². The van der Waals surface area contributed by atoms with Gasteiger partial charge in [0.2, 0.25) is 10.0 Å². The van der Waals surface area contributed by atoms with Crippen LogP contribution in [0.15, 0.2) is 18.2 Å². The number of halogens is 1. The molecule has 108 valence electrons. The molecule has 1 atom stereocenters. The van der Waals surface area contributed by atoms with Crippen molar-refractivity contribution in [3.63, 3.8) is 0 Å². The highest BCUT2D eigenvalue weighted by atomic mass is 35.5. The monoisotopic (exact) mass is 304 g/mol. The minimum Gasteiger partial charge on any atom is -0.315 e. The Kier molecular flexibility index (Phi) is 6.10. The van der Waals surface area contributed by atoms with Crippen molar-refractivity contribution >= 4 is 27.3 Å². The maximum atomic E-state index is 12.2. The predicted molar refractivity (Wildman–Crippen MR) is 81.4 cm³/mol. The zero-order valence-electron chi connectivity index (χ0n) is 11.5. The average molecular weight is 305 g/mol. The quantitative estimate of drug-likeness (QED) is 0.762. The molecule has 1 unspecified atom stereocenters. The van der Waals surface area contributed by atoms with E-state index in [0.29, 0.717) is 17.3 Å². The Morgan fingerprint density at radius 1 is 1.37 bits per heavy atom. The van der Waals surface area contributed by atoms with Gasteiger partial charge in [-0.2, -0.15) is 0 Å².